The first-order valence-corrected chi connectivity index (χ1v) is 5.97. The van der Waals surface area contributed by atoms with Gasteiger partial charge in [0.2, 0.25) is 0 Å². The lowest BCUT2D eigenvalue weighted by Crippen LogP contribution is -2.22. The van der Waals surface area contributed by atoms with Crippen LogP contribution < -0.4 is 10.5 Å². The molecule has 4 N–H and O–H groups in total. The molecule has 1 aromatic carbocycles. The Hall–Kier alpha value is -1.75. The Balaban J connectivity index is 1.95. The molecular weight excluding hydrogens is 232 g/mol. The minimum Gasteiger partial charge on any atom is -0.493 e. The van der Waals surface area contributed by atoms with Gasteiger partial charge in [-0.05, 0) is 18.9 Å². The van der Waals surface area contributed by atoms with Crippen LogP contribution in [0.15, 0.2) is 29.4 Å². The van der Waals surface area contributed by atoms with Gasteiger partial charge in [0.1, 0.15) is 11.6 Å². The number of nitrogens with zero attached hydrogens (tertiary/aromatic N) is 1. The molecule has 0 amide bonds. The Morgan fingerprint density at radius 1 is 1.39 bits per heavy atom. The third-order valence-electron chi connectivity index (χ3n) is 3.32. The predicted octanol–water partition coefficient (Wildman–Crippen LogP) is 1.47. The van der Waals surface area contributed by atoms with Crippen molar-refractivity contribution in [3.63, 3.8) is 0 Å². The third-order valence-corrected chi connectivity index (χ3v) is 3.32. The molecule has 0 spiro atoms. The van der Waals surface area contributed by atoms with Crippen molar-refractivity contribution in [2.24, 2.45) is 16.3 Å². The van der Waals surface area contributed by atoms with Crippen molar-refractivity contribution in [2.75, 3.05) is 6.61 Å². The number of aliphatic hydroxyl groups excluding tert-OH is 1. The topological polar surface area (TPSA) is 88.1 Å². The first kappa shape index (κ1) is 12.7. The summed E-state index contributed by atoms with van der Waals surface area (Å²) >= 11 is 0. The molecule has 98 valence electrons. The molecule has 0 aliphatic heterocycles. The van der Waals surface area contributed by atoms with E-state index in [1.807, 2.05) is 24.3 Å². The van der Waals surface area contributed by atoms with Gasteiger partial charge in [-0.3, -0.25) is 0 Å². The van der Waals surface area contributed by atoms with Gasteiger partial charge in [-0.2, -0.15) is 0 Å². The molecular formula is C13H18N2O3. The average molecular weight is 250 g/mol. The van der Waals surface area contributed by atoms with Crippen LogP contribution in [0.4, 0.5) is 0 Å². The van der Waals surface area contributed by atoms with Gasteiger partial charge < -0.3 is 20.8 Å². The van der Waals surface area contributed by atoms with E-state index in [0.717, 1.165) is 18.4 Å². The fourth-order valence-electron chi connectivity index (χ4n) is 1.97. The molecule has 0 aromatic heterocycles. The minimum atomic E-state index is -0.0383. The van der Waals surface area contributed by atoms with Crippen LogP contribution >= 0.6 is 0 Å². The molecule has 18 heavy (non-hydrogen) atoms. The van der Waals surface area contributed by atoms with E-state index in [0.29, 0.717) is 18.8 Å². The maximum absolute atomic E-state index is 9.19. The summed E-state index contributed by atoms with van der Waals surface area (Å²) in [5.41, 5.74) is 6.30. The zero-order valence-electron chi connectivity index (χ0n) is 10.2. The second kappa shape index (κ2) is 5.27. The summed E-state index contributed by atoms with van der Waals surface area (Å²) in [6.07, 6.45) is 2.58. The minimum absolute atomic E-state index is 0.00111. The SMILES string of the molecule is NC(CC1(COc2ccccc2CO)CC1)=NO. The number of nitrogens with two attached hydrogens (primary N) is 1. The van der Waals surface area contributed by atoms with E-state index in [-0.39, 0.29) is 17.9 Å². The highest BCUT2D eigenvalue weighted by atomic mass is 16.5. The Morgan fingerprint density at radius 2 is 2.11 bits per heavy atom. The fourth-order valence-corrected chi connectivity index (χ4v) is 1.97. The number of oxime groups is 1. The van der Waals surface area contributed by atoms with Crippen LogP contribution in [0.2, 0.25) is 0 Å². The highest BCUT2D eigenvalue weighted by Gasteiger charge is 2.44. The van der Waals surface area contributed by atoms with Gasteiger partial charge in [0, 0.05) is 17.4 Å². The van der Waals surface area contributed by atoms with Gasteiger partial charge in [-0.15, -0.1) is 0 Å². The van der Waals surface area contributed by atoms with Gasteiger partial charge in [0.15, 0.2) is 0 Å². The Bertz CT molecular complexity index is 442. The number of para-hydroxylation sites is 1. The number of rotatable bonds is 6. The van der Waals surface area contributed by atoms with Gasteiger partial charge in [0.05, 0.1) is 13.2 Å². The summed E-state index contributed by atoms with van der Waals surface area (Å²) in [6, 6.07) is 7.41. The fraction of sp³-hybridized carbons (Fsp3) is 0.462. The summed E-state index contributed by atoms with van der Waals surface area (Å²) in [4.78, 5) is 0. The van der Waals surface area contributed by atoms with Crippen molar-refractivity contribution >= 4 is 5.84 Å². The molecule has 5 heteroatoms. The third kappa shape index (κ3) is 2.92. The van der Waals surface area contributed by atoms with Crippen LogP contribution in [0.25, 0.3) is 0 Å². The quantitative estimate of drug-likeness (QED) is 0.309. The van der Waals surface area contributed by atoms with E-state index in [9.17, 15) is 5.11 Å². The largest absolute Gasteiger partial charge is 0.493 e. The van der Waals surface area contributed by atoms with Crippen molar-refractivity contribution < 1.29 is 15.1 Å². The van der Waals surface area contributed by atoms with E-state index in [4.69, 9.17) is 15.7 Å². The molecule has 1 aliphatic carbocycles. The van der Waals surface area contributed by atoms with Crippen LogP contribution in [-0.4, -0.2) is 22.8 Å². The molecule has 1 saturated carbocycles. The number of benzene rings is 1. The van der Waals surface area contributed by atoms with Crippen molar-refractivity contribution in [3.8, 4) is 5.75 Å². The number of amidine groups is 1. The van der Waals surface area contributed by atoms with Gasteiger partial charge >= 0.3 is 0 Å². The van der Waals surface area contributed by atoms with Gasteiger partial charge in [-0.1, -0.05) is 23.4 Å². The normalized spacial score (nSPS) is 17.5. The molecule has 0 radical (unpaired) electrons. The zero-order chi connectivity index (χ0) is 13.0. The first-order valence-electron chi connectivity index (χ1n) is 5.97. The number of hydrogen-bond donors (Lipinski definition) is 3. The Morgan fingerprint density at radius 3 is 2.72 bits per heavy atom. The van der Waals surface area contributed by atoms with Crippen LogP contribution in [-0.2, 0) is 6.61 Å². The zero-order valence-corrected chi connectivity index (χ0v) is 10.2. The number of ether oxygens (including phenoxy) is 1. The van der Waals surface area contributed by atoms with Crippen molar-refractivity contribution in [2.45, 2.75) is 25.9 Å². The molecule has 5 nitrogen and oxygen atoms in total. The van der Waals surface area contributed by atoms with E-state index >= 15 is 0 Å². The molecule has 0 unspecified atom stereocenters. The number of aliphatic hydroxyl groups is 1. The van der Waals surface area contributed by atoms with E-state index in [1.165, 1.54) is 0 Å². The lowest BCUT2D eigenvalue weighted by molar-refractivity contribution is 0.223. The van der Waals surface area contributed by atoms with E-state index in [1.54, 1.807) is 0 Å². The maximum atomic E-state index is 9.19. The lowest BCUT2D eigenvalue weighted by atomic mass is 10.0. The predicted molar refractivity (Wildman–Crippen MR) is 67.6 cm³/mol. The average Bonchev–Trinajstić information content (AvgIpc) is 3.16. The molecule has 1 aliphatic rings. The molecule has 2 rings (SSSR count). The number of hydrogen-bond acceptors (Lipinski definition) is 4. The van der Waals surface area contributed by atoms with Gasteiger partial charge in [0.25, 0.3) is 0 Å². The summed E-state index contributed by atoms with van der Waals surface area (Å²) < 4.78 is 5.75. The van der Waals surface area contributed by atoms with Crippen LogP contribution in [0.1, 0.15) is 24.8 Å². The second-order valence-electron chi connectivity index (χ2n) is 4.82. The smallest absolute Gasteiger partial charge is 0.139 e. The van der Waals surface area contributed by atoms with E-state index < -0.39 is 0 Å². The maximum Gasteiger partial charge on any atom is 0.139 e. The van der Waals surface area contributed by atoms with Crippen LogP contribution in [0.5, 0.6) is 5.75 Å². The van der Waals surface area contributed by atoms with Crippen LogP contribution in [0.3, 0.4) is 0 Å². The Kier molecular flexibility index (Phi) is 3.72. The molecule has 0 bridgehead atoms. The molecule has 0 atom stereocenters. The van der Waals surface area contributed by atoms with E-state index in [2.05, 4.69) is 5.16 Å². The molecule has 0 saturated heterocycles. The van der Waals surface area contributed by atoms with Crippen molar-refractivity contribution in [3.05, 3.63) is 29.8 Å². The molecule has 0 heterocycles. The second-order valence-corrected chi connectivity index (χ2v) is 4.82. The van der Waals surface area contributed by atoms with Crippen molar-refractivity contribution in [1.82, 2.24) is 0 Å². The first-order chi connectivity index (χ1) is 8.69. The monoisotopic (exact) mass is 250 g/mol. The summed E-state index contributed by atoms with van der Waals surface area (Å²) in [5, 5.41) is 20.8. The lowest BCUT2D eigenvalue weighted by Gasteiger charge is -2.16. The van der Waals surface area contributed by atoms with Gasteiger partial charge in [-0.25, -0.2) is 0 Å². The van der Waals surface area contributed by atoms with Crippen molar-refractivity contribution in [1.29, 1.82) is 0 Å². The summed E-state index contributed by atoms with van der Waals surface area (Å²) in [5.74, 6) is 0.942. The standard InChI is InChI=1S/C13H18N2O3/c14-12(15-17)7-13(5-6-13)9-18-11-4-2-1-3-10(11)8-16/h1-4,16-17H,5-9H2,(H2,14,15). The van der Waals surface area contributed by atoms with Crippen LogP contribution in [0, 0.1) is 5.41 Å². The highest BCUT2D eigenvalue weighted by Crippen LogP contribution is 2.49. The highest BCUT2D eigenvalue weighted by molar-refractivity contribution is 5.80. The molecule has 1 aromatic rings. The summed E-state index contributed by atoms with van der Waals surface area (Å²) in [6.45, 7) is 0.490. The summed E-state index contributed by atoms with van der Waals surface area (Å²) in [7, 11) is 0. The molecule has 1 fully saturated rings. The Labute approximate surface area is 106 Å².